The molecule has 36 heavy (non-hydrogen) atoms. The van der Waals surface area contributed by atoms with Crippen LogP contribution in [0.25, 0.3) is 11.1 Å². The Kier molecular flexibility index (Phi) is 7.40. The minimum absolute atomic E-state index is 0.0244. The standard InChI is InChI=1S/C24H25F5N2O4S/c25-11-20(32)23(33)31-12-24(4-5-24)21(30-36(34,35)13-26)10-18(31)8-14-2-1-3-19(22(14)29)15-6-16(27)9-17(28)7-15/h1-3,6-7,9,18,20-21,30,32H,4-5,8,10-13H2/t18-,20+,21+/m0/s1. The van der Waals surface area contributed by atoms with Gasteiger partial charge in [-0.3, -0.25) is 4.79 Å². The lowest BCUT2D eigenvalue weighted by atomic mass is 9.82. The van der Waals surface area contributed by atoms with E-state index in [0.29, 0.717) is 18.9 Å². The number of piperidine rings is 1. The summed E-state index contributed by atoms with van der Waals surface area (Å²) < 4.78 is 95.3. The fourth-order valence-corrected chi connectivity index (χ4v) is 5.79. The molecule has 2 aromatic rings. The largest absolute Gasteiger partial charge is 0.381 e. The molecule has 1 saturated carbocycles. The molecule has 3 atom stereocenters. The minimum Gasteiger partial charge on any atom is -0.381 e. The predicted molar refractivity (Wildman–Crippen MR) is 121 cm³/mol. The lowest BCUT2D eigenvalue weighted by Crippen LogP contribution is -2.60. The third-order valence-corrected chi connectivity index (χ3v) is 7.88. The number of sulfonamides is 1. The zero-order valence-electron chi connectivity index (χ0n) is 19.1. The summed E-state index contributed by atoms with van der Waals surface area (Å²) in [4.78, 5) is 14.0. The molecule has 0 bridgehead atoms. The van der Waals surface area contributed by atoms with Gasteiger partial charge < -0.3 is 10.0 Å². The maximum absolute atomic E-state index is 15.5. The molecule has 1 heterocycles. The first kappa shape index (κ1) is 26.5. The second-order valence-electron chi connectivity index (χ2n) is 9.42. The van der Waals surface area contributed by atoms with E-state index >= 15 is 4.39 Å². The Morgan fingerprint density at radius 1 is 1.14 bits per heavy atom. The number of alkyl halides is 2. The third kappa shape index (κ3) is 5.40. The van der Waals surface area contributed by atoms with Gasteiger partial charge in [0.1, 0.15) is 24.1 Å². The summed E-state index contributed by atoms with van der Waals surface area (Å²) in [5.74, 6) is -3.49. The van der Waals surface area contributed by atoms with Gasteiger partial charge in [0.2, 0.25) is 16.0 Å². The molecule has 0 aromatic heterocycles. The summed E-state index contributed by atoms with van der Waals surface area (Å²) in [6.45, 7) is -1.36. The number of carbonyl (C=O) groups is 1. The minimum atomic E-state index is -4.24. The van der Waals surface area contributed by atoms with Crippen LogP contribution >= 0.6 is 0 Å². The molecule has 2 aliphatic rings. The summed E-state index contributed by atoms with van der Waals surface area (Å²) >= 11 is 0. The van der Waals surface area contributed by atoms with Gasteiger partial charge >= 0.3 is 0 Å². The molecule has 1 saturated heterocycles. The molecule has 1 spiro atoms. The van der Waals surface area contributed by atoms with Crippen LogP contribution in [0.3, 0.4) is 0 Å². The van der Waals surface area contributed by atoms with Gasteiger partial charge in [-0.2, -0.15) is 0 Å². The Morgan fingerprint density at radius 3 is 2.39 bits per heavy atom. The van der Waals surface area contributed by atoms with Gasteiger partial charge in [-0.25, -0.2) is 35.1 Å². The number of rotatable bonds is 8. The van der Waals surface area contributed by atoms with Crippen molar-refractivity contribution >= 4 is 15.9 Å². The molecule has 0 radical (unpaired) electrons. The molecule has 1 aliphatic carbocycles. The molecular formula is C24H25F5N2O4S. The van der Waals surface area contributed by atoms with Crippen LogP contribution < -0.4 is 4.72 Å². The number of hydrogen-bond donors (Lipinski definition) is 2. The zero-order chi connectivity index (χ0) is 26.3. The fraction of sp³-hybridized carbons (Fsp3) is 0.458. The zero-order valence-corrected chi connectivity index (χ0v) is 19.9. The van der Waals surface area contributed by atoms with Crippen LogP contribution in [0.2, 0.25) is 0 Å². The summed E-state index contributed by atoms with van der Waals surface area (Å²) in [7, 11) is -4.24. The first-order valence-electron chi connectivity index (χ1n) is 11.3. The number of halogens is 5. The second-order valence-corrected chi connectivity index (χ2v) is 11.1. The van der Waals surface area contributed by atoms with Crippen LogP contribution in [0, 0.1) is 22.9 Å². The molecule has 1 aliphatic heterocycles. The average Bonchev–Trinajstić information content (AvgIpc) is 3.61. The van der Waals surface area contributed by atoms with Gasteiger partial charge in [0.25, 0.3) is 5.91 Å². The van der Waals surface area contributed by atoms with Crippen LogP contribution in [-0.4, -0.2) is 61.7 Å². The van der Waals surface area contributed by atoms with E-state index in [4.69, 9.17) is 0 Å². The summed E-state index contributed by atoms with van der Waals surface area (Å²) in [5, 5.41) is 9.87. The van der Waals surface area contributed by atoms with E-state index in [1.54, 1.807) is 0 Å². The van der Waals surface area contributed by atoms with Crippen molar-refractivity contribution in [2.75, 3.05) is 19.2 Å². The molecule has 196 valence electrons. The maximum Gasteiger partial charge on any atom is 0.254 e. The van der Waals surface area contributed by atoms with Gasteiger partial charge in [-0.05, 0) is 48.9 Å². The molecule has 2 fully saturated rings. The summed E-state index contributed by atoms with van der Waals surface area (Å²) in [6.07, 6.45) is -1.06. The first-order valence-corrected chi connectivity index (χ1v) is 13.0. The molecule has 12 heteroatoms. The summed E-state index contributed by atoms with van der Waals surface area (Å²) in [6, 6.07) is 3.55. The van der Waals surface area contributed by atoms with Crippen molar-refractivity contribution in [2.24, 2.45) is 5.41 Å². The van der Waals surface area contributed by atoms with E-state index in [1.807, 2.05) is 0 Å². The van der Waals surface area contributed by atoms with E-state index in [2.05, 4.69) is 4.72 Å². The highest BCUT2D eigenvalue weighted by atomic mass is 32.2. The molecule has 2 aromatic carbocycles. The highest BCUT2D eigenvalue weighted by molar-refractivity contribution is 7.89. The lowest BCUT2D eigenvalue weighted by molar-refractivity contribution is -0.147. The average molecular weight is 533 g/mol. The molecule has 1 amide bonds. The van der Waals surface area contributed by atoms with Gasteiger partial charge in [0.15, 0.2) is 6.10 Å². The normalized spacial score (nSPS) is 22.0. The number of aliphatic hydroxyl groups is 1. The van der Waals surface area contributed by atoms with E-state index in [9.17, 15) is 35.9 Å². The van der Waals surface area contributed by atoms with Gasteiger partial charge in [0.05, 0.1) is 0 Å². The third-order valence-electron chi connectivity index (χ3n) is 6.95. The molecule has 2 N–H and O–H groups in total. The van der Waals surface area contributed by atoms with Crippen molar-refractivity contribution in [3.8, 4) is 11.1 Å². The number of likely N-dealkylation sites (tertiary alicyclic amines) is 1. The monoisotopic (exact) mass is 532 g/mol. The van der Waals surface area contributed by atoms with Crippen molar-refractivity contribution in [1.82, 2.24) is 9.62 Å². The van der Waals surface area contributed by atoms with E-state index in [1.165, 1.54) is 23.1 Å². The Hall–Kier alpha value is -2.57. The smallest absolute Gasteiger partial charge is 0.254 e. The quantitative estimate of drug-likeness (QED) is 0.512. The van der Waals surface area contributed by atoms with Crippen LogP contribution in [-0.2, 0) is 21.2 Å². The Balaban J connectivity index is 1.68. The Morgan fingerprint density at radius 2 is 1.81 bits per heavy atom. The van der Waals surface area contributed by atoms with Crippen molar-refractivity contribution in [3.05, 3.63) is 59.4 Å². The first-order chi connectivity index (χ1) is 17.0. The molecule has 6 nitrogen and oxygen atoms in total. The molecule has 4 rings (SSSR count). The number of hydrogen-bond acceptors (Lipinski definition) is 4. The van der Waals surface area contributed by atoms with E-state index in [0.717, 1.165) is 12.1 Å². The predicted octanol–water partition coefficient (Wildman–Crippen LogP) is 3.24. The highest BCUT2D eigenvalue weighted by Crippen LogP contribution is 2.54. The SMILES string of the molecule is O=C([C@H](O)CF)N1CC2(CC2)[C@H](NS(=O)(=O)CF)C[C@@H]1Cc1cccc(-c2cc(F)cc(F)c2)c1F. The Bertz CT molecular complexity index is 1230. The number of aliphatic hydroxyl groups excluding tert-OH is 1. The summed E-state index contributed by atoms with van der Waals surface area (Å²) in [5.41, 5.74) is -0.753. The van der Waals surface area contributed by atoms with Crippen LogP contribution in [0.1, 0.15) is 24.8 Å². The highest BCUT2D eigenvalue weighted by Gasteiger charge is 2.56. The second kappa shape index (κ2) is 10.1. The molecular weight excluding hydrogens is 507 g/mol. The Labute approximate surface area is 205 Å². The van der Waals surface area contributed by atoms with Crippen LogP contribution in [0.4, 0.5) is 22.0 Å². The van der Waals surface area contributed by atoms with Crippen molar-refractivity contribution in [2.45, 2.75) is 43.9 Å². The number of carbonyl (C=O) groups excluding carboxylic acids is 1. The van der Waals surface area contributed by atoms with Crippen molar-refractivity contribution in [3.63, 3.8) is 0 Å². The topological polar surface area (TPSA) is 86.7 Å². The van der Waals surface area contributed by atoms with Crippen LogP contribution in [0.15, 0.2) is 36.4 Å². The number of nitrogens with one attached hydrogen (secondary N) is 1. The number of nitrogens with zero attached hydrogens (tertiary/aromatic N) is 1. The van der Waals surface area contributed by atoms with E-state index in [-0.39, 0.29) is 36.1 Å². The van der Waals surface area contributed by atoms with Gasteiger partial charge in [-0.1, -0.05) is 18.2 Å². The maximum atomic E-state index is 15.5. The lowest BCUT2D eigenvalue weighted by Gasteiger charge is -2.45. The van der Waals surface area contributed by atoms with E-state index < -0.39 is 69.7 Å². The fourth-order valence-electron chi connectivity index (χ4n) is 4.95. The van der Waals surface area contributed by atoms with Crippen molar-refractivity contribution < 1.29 is 40.3 Å². The van der Waals surface area contributed by atoms with Crippen molar-refractivity contribution in [1.29, 1.82) is 0 Å². The molecule has 0 unspecified atom stereocenters. The number of amides is 1. The number of benzene rings is 2. The van der Waals surface area contributed by atoms with Gasteiger partial charge in [-0.15, -0.1) is 0 Å². The van der Waals surface area contributed by atoms with Crippen LogP contribution in [0.5, 0.6) is 0 Å². The van der Waals surface area contributed by atoms with Gasteiger partial charge in [0, 0.05) is 35.7 Å².